The van der Waals surface area contributed by atoms with Gasteiger partial charge >= 0.3 is 0 Å². The van der Waals surface area contributed by atoms with Crippen LogP contribution in [-0.4, -0.2) is 34.0 Å². The summed E-state index contributed by atoms with van der Waals surface area (Å²) in [5.74, 6) is 1.79. The Bertz CT molecular complexity index is 946. The highest BCUT2D eigenvalue weighted by molar-refractivity contribution is 7.12. The van der Waals surface area contributed by atoms with Crippen LogP contribution in [0.2, 0.25) is 0 Å². The molecule has 140 valence electrons. The fourth-order valence-electron chi connectivity index (χ4n) is 3.63. The summed E-state index contributed by atoms with van der Waals surface area (Å²) in [6.07, 6.45) is 2.81. The first-order valence-electron chi connectivity index (χ1n) is 9.33. The van der Waals surface area contributed by atoms with Crippen LogP contribution in [-0.2, 0) is 6.42 Å². The second-order valence-electron chi connectivity index (χ2n) is 7.28. The first-order chi connectivity index (χ1) is 13.1. The molecule has 3 heterocycles. The van der Waals surface area contributed by atoms with Gasteiger partial charge in [0, 0.05) is 25.1 Å². The molecule has 1 aliphatic rings. The number of thiophene rings is 1. The number of rotatable bonds is 4. The number of carbonyl (C=O) groups is 1. The van der Waals surface area contributed by atoms with Crippen LogP contribution < -0.4 is 0 Å². The monoisotopic (exact) mass is 381 g/mol. The third kappa shape index (κ3) is 3.95. The summed E-state index contributed by atoms with van der Waals surface area (Å²) in [5.41, 5.74) is 3.28. The molecule has 2 aromatic heterocycles. The highest BCUT2D eigenvalue weighted by Crippen LogP contribution is 2.25. The highest BCUT2D eigenvalue weighted by Gasteiger charge is 2.27. The SMILES string of the molecule is Cc1csc(C(=O)N2CCCC(Cc3nc(-c4ccccc4C)no3)C2)c1. The summed E-state index contributed by atoms with van der Waals surface area (Å²) < 4.78 is 5.50. The van der Waals surface area contributed by atoms with E-state index >= 15 is 0 Å². The summed E-state index contributed by atoms with van der Waals surface area (Å²) in [4.78, 5) is 20.1. The standard InChI is InChI=1S/C21H23N3O2S/c1-14-10-18(27-13-14)21(25)24-9-5-7-16(12-24)11-19-22-20(23-26-19)17-8-4-3-6-15(17)2/h3-4,6,8,10,13,16H,5,7,9,11-12H2,1-2H3. The van der Waals surface area contributed by atoms with Gasteiger partial charge in [0.25, 0.3) is 5.91 Å². The molecule has 0 bridgehead atoms. The van der Waals surface area contributed by atoms with Gasteiger partial charge in [-0.3, -0.25) is 4.79 Å². The molecule has 0 N–H and O–H groups in total. The number of hydrogen-bond donors (Lipinski definition) is 0. The van der Waals surface area contributed by atoms with Crippen molar-refractivity contribution in [3.8, 4) is 11.4 Å². The molecule has 1 saturated heterocycles. The van der Waals surface area contributed by atoms with E-state index in [0.717, 1.165) is 47.5 Å². The van der Waals surface area contributed by atoms with Gasteiger partial charge in [0.15, 0.2) is 0 Å². The Morgan fingerprint density at radius 2 is 2.19 bits per heavy atom. The minimum Gasteiger partial charge on any atom is -0.339 e. The van der Waals surface area contributed by atoms with Crippen LogP contribution in [0.4, 0.5) is 0 Å². The Kier molecular flexibility index (Phi) is 5.07. The first kappa shape index (κ1) is 17.9. The van der Waals surface area contributed by atoms with E-state index in [9.17, 15) is 4.79 Å². The zero-order valence-corrected chi connectivity index (χ0v) is 16.5. The average molecular weight is 382 g/mol. The first-order valence-corrected chi connectivity index (χ1v) is 10.2. The predicted molar refractivity (Wildman–Crippen MR) is 106 cm³/mol. The van der Waals surface area contributed by atoms with Crippen molar-refractivity contribution in [3.05, 3.63) is 57.6 Å². The Morgan fingerprint density at radius 3 is 2.96 bits per heavy atom. The largest absolute Gasteiger partial charge is 0.339 e. The van der Waals surface area contributed by atoms with E-state index in [1.807, 2.05) is 54.5 Å². The van der Waals surface area contributed by atoms with Crippen LogP contribution >= 0.6 is 11.3 Å². The van der Waals surface area contributed by atoms with E-state index < -0.39 is 0 Å². The Morgan fingerprint density at radius 1 is 1.33 bits per heavy atom. The molecule has 1 amide bonds. The van der Waals surface area contributed by atoms with Gasteiger partial charge in [0.05, 0.1) is 4.88 Å². The molecule has 5 nitrogen and oxygen atoms in total. The van der Waals surface area contributed by atoms with E-state index in [4.69, 9.17) is 4.52 Å². The molecule has 0 aliphatic carbocycles. The molecule has 3 aromatic rings. The van der Waals surface area contributed by atoms with Crippen LogP contribution in [0.25, 0.3) is 11.4 Å². The van der Waals surface area contributed by atoms with Crippen molar-refractivity contribution in [2.24, 2.45) is 5.92 Å². The zero-order chi connectivity index (χ0) is 18.8. The molecular weight excluding hydrogens is 358 g/mol. The average Bonchev–Trinajstić information content (AvgIpc) is 3.31. The van der Waals surface area contributed by atoms with Gasteiger partial charge in [0.1, 0.15) is 0 Å². The fraction of sp³-hybridized carbons (Fsp3) is 0.381. The lowest BCUT2D eigenvalue weighted by atomic mass is 9.94. The minimum absolute atomic E-state index is 0.143. The van der Waals surface area contributed by atoms with Gasteiger partial charge in [-0.1, -0.05) is 29.4 Å². The van der Waals surface area contributed by atoms with E-state index in [1.165, 1.54) is 11.3 Å². The molecule has 6 heteroatoms. The molecule has 1 unspecified atom stereocenters. The zero-order valence-electron chi connectivity index (χ0n) is 15.6. The van der Waals surface area contributed by atoms with E-state index in [1.54, 1.807) is 0 Å². The molecule has 1 aromatic carbocycles. The Labute approximate surface area is 163 Å². The number of hydrogen-bond acceptors (Lipinski definition) is 5. The molecular formula is C21H23N3O2S. The molecule has 1 fully saturated rings. The van der Waals surface area contributed by atoms with Crippen LogP contribution in [0.3, 0.4) is 0 Å². The third-order valence-corrected chi connectivity index (χ3v) is 6.10. The molecule has 27 heavy (non-hydrogen) atoms. The van der Waals surface area contributed by atoms with Crippen LogP contribution in [0.15, 0.2) is 40.2 Å². The fourth-order valence-corrected chi connectivity index (χ4v) is 4.50. The maximum Gasteiger partial charge on any atom is 0.263 e. The minimum atomic E-state index is 0.143. The topological polar surface area (TPSA) is 59.2 Å². The highest BCUT2D eigenvalue weighted by atomic mass is 32.1. The van der Waals surface area contributed by atoms with Gasteiger partial charge in [-0.25, -0.2) is 0 Å². The van der Waals surface area contributed by atoms with Gasteiger partial charge in [-0.2, -0.15) is 4.98 Å². The predicted octanol–water partition coefficient (Wildman–Crippen LogP) is 4.51. The summed E-state index contributed by atoms with van der Waals surface area (Å²) in [6, 6.07) is 10.0. The van der Waals surface area contributed by atoms with Gasteiger partial charge in [-0.05, 0) is 55.2 Å². The Balaban J connectivity index is 1.43. The van der Waals surface area contributed by atoms with Crippen molar-refractivity contribution in [2.45, 2.75) is 33.1 Å². The van der Waals surface area contributed by atoms with Crippen LogP contribution in [0, 0.1) is 19.8 Å². The molecule has 0 saturated carbocycles. The number of piperidine rings is 1. The van der Waals surface area contributed by atoms with E-state index in [0.29, 0.717) is 24.1 Å². The Hall–Kier alpha value is -2.47. The number of aryl methyl sites for hydroxylation is 2. The number of benzene rings is 1. The van der Waals surface area contributed by atoms with Gasteiger partial charge in [0.2, 0.25) is 11.7 Å². The summed E-state index contributed by atoms with van der Waals surface area (Å²) in [5, 5.41) is 6.18. The van der Waals surface area contributed by atoms with Crippen LogP contribution in [0.5, 0.6) is 0 Å². The molecule has 0 radical (unpaired) electrons. The molecule has 4 rings (SSSR count). The van der Waals surface area contributed by atoms with Gasteiger partial charge in [-0.15, -0.1) is 11.3 Å². The van der Waals surface area contributed by atoms with Crippen LogP contribution in [0.1, 0.15) is 39.5 Å². The number of likely N-dealkylation sites (tertiary alicyclic amines) is 1. The second-order valence-corrected chi connectivity index (χ2v) is 8.19. The molecule has 0 spiro atoms. The van der Waals surface area contributed by atoms with E-state index in [-0.39, 0.29) is 5.91 Å². The van der Waals surface area contributed by atoms with Crippen molar-refractivity contribution < 1.29 is 9.32 Å². The second kappa shape index (κ2) is 7.64. The normalized spacial score (nSPS) is 17.3. The maximum atomic E-state index is 12.7. The van der Waals surface area contributed by atoms with Crippen molar-refractivity contribution in [2.75, 3.05) is 13.1 Å². The smallest absolute Gasteiger partial charge is 0.263 e. The lowest BCUT2D eigenvalue weighted by molar-refractivity contribution is 0.0673. The number of amides is 1. The summed E-state index contributed by atoms with van der Waals surface area (Å²) in [6.45, 7) is 5.64. The van der Waals surface area contributed by atoms with E-state index in [2.05, 4.69) is 10.1 Å². The van der Waals surface area contributed by atoms with Gasteiger partial charge < -0.3 is 9.42 Å². The number of nitrogens with zero attached hydrogens (tertiary/aromatic N) is 3. The summed E-state index contributed by atoms with van der Waals surface area (Å²) >= 11 is 1.53. The lowest BCUT2D eigenvalue weighted by Gasteiger charge is -2.31. The van der Waals surface area contributed by atoms with Crippen molar-refractivity contribution >= 4 is 17.2 Å². The van der Waals surface area contributed by atoms with Crippen molar-refractivity contribution in [1.82, 2.24) is 15.0 Å². The molecule has 1 atom stereocenters. The summed E-state index contributed by atoms with van der Waals surface area (Å²) in [7, 11) is 0. The lowest BCUT2D eigenvalue weighted by Crippen LogP contribution is -2.40. The number of carbonyl (C=O) groups excluding carboxylic acids is 1. The van der Waals surface area contributed by atoms with Crippen molar-refractivity contribution in [3.63, 3.8) is 0 Å². The third-order valence-electron chi connectivity index (χ3n) is 5.06. The van der Waals surface area contributed by atoms with Crippen molar-refractivity contribution in [1.29, 1.82) is 0 Å². The maximum absolute atomic E-state index is 12.7. The quantitative estimate of drug-likeness (QED) is 0.667. The number of aromatic nitrogens is 2. The molecule has 1 aliphatic heterocycles.